The summed E-state index contributed by atoms with van der Waals surface area (Å²) in [4.78, 5) is 15.1. The Labute approximate surface area is 117 Å². The highest BCUT2D eigenvalue weighted by Crippen LogP contribution is 2.18. The third-order valence-corrected chi connectivity index (χ3v) is 3.62. The van der Waals surface area contributed by atoms with Crippen molar-refractivity contribution in [1.29, 1.82) is 5.26 Å². The van der Waals surface area contributed by atoms with Crippen molar-refractivity contribution < 1.29 is 9.90 Å². The van der Waals surface area contributed by atoms with Crippen LogP contribution in [0.5, 0.6) is 0 Å². The van der Waals surface area contributed by atoms with E-state index in [0.717, 1.165) is 4.88 Å². The normalized spacial score (nSPS) is 11.1. The Hall–Kier alpha value is -1.82. The summed E-state index contributed by atoms with van der Waals surface area (Å²) in [6.07, 6.45) is 0.747. The van der Waals surface area contributed by atoms with Gasteiger partial charge in [-0.2, -0.15) is 5.26 Å². The first kappa shape index (κ1) is 15.2. The van der Waals surface area contributed by atoms with Crippen molar-refractivity contribution in [2.45, 2.75) is 25.8 Å². The van der Waals surface area contributed by atoms with Gasteiger partial charge in [0.1, 0.15) is 0 Å². The highest BCUT2D eigenvalue weighted by atomic mass is 32.1. The molecule has 0 spiro atoms. The highest BCUT2D eigenvalue weighted by Gasteiger charge is 2.18. The van der Waals surface area contributed by atoms with Crippen molar-refractivity contribution in [3.8, 4) is 17.9 Å². The molecule has 0 saturated heterocycles. The van der Waals surface area contributed by atoms with Crippen LogP contribution < -0.4 is 0 Å². The Morgan fingerprint density at radius 1 is 1.58 bits per heavy atom. The van der Waals surface area contributed by atoms with E-state index in [1.807, 2.05) is 6.92 Å². The Morgan fingerprint density at radius 3 is 2.95 bits per heavy atom. The second-order valence-electron chi connectivity index (χ2n) is 4.07. The first-order valence-electron chi connectivity index (χ1n) is 5.93. The monoisotopic (exact) mass is 276 g/mol. The lowest BCUT2D eigenvalue weighted by Crippen LogP contribution is -2.34. The fourth-order valence-electron chi connectivity index (χ4n) is 1.37. The number of thiophene rings is 1. The van der Waals surface area contributed by atoms with E-state index >= 15 is 0 Å². The van der Waals surface area contributed by atoms with Gasteiger partial charge in [0.2, 0.25) is 0 Å². The molecule has 0 radical (unpaired) electrons. The molecule has 4 nitrogen and oxygen atoms in total. The number of aliphatic hydroxyl groups excluding tert-OH is 1. The zero-order chi connectivity index (χ0) is 14.3. The van der Waals surface area contributed by atoms with Gasteiger partial charge in [0.15, 0.2) is 0 Å². The molecule has 0 aliphatic rings. The minimum absolute atomic E-state index is 0.0403. The number of carbonyl (C=O) groups is 1. The molecule has 0 aliphatic carbocycles. The lowest BCUT2D eigenvalue weighted by atomic mass is 10.2. The van der Waals surface area contributed by atoms with Gasteiger partial charge in [-0.3, -0.25) is 4.79 Å². The van der Waals surface area contributed by atoms with Gasteiger partial charge < -0.3 is 10.0 Å². The first-order chi connectivity index (χ1) is 9.10. The smallest absolute Gasteiger partial charge is 0.263 e. The Morgan fingerprint density at radius 2 is 2.32 bits per heavy atom. The molecule has 1 rings (SSSR count). The summed E-state index contributed by atoms with van der Waals surface area (Å²) in [6.45, 7) is 1.88. The topological polar surface area (TPSA) is 64.3 Å². The van der Waals surface area contributed by atoms with Crippen molar-refractivity contribution >= 4 is 17.2 Å². The lowest BCUT2D eigenvalue weighted by molar-refractivity contribution is 0.0751. The van der Waals surface area contributed by atoms with Crippen LogP contribution in [0.3, 0.4) is 0 Å². The van der Waals surface area contributed by atoms with E-state index < -0.39 is 0 Å². The Kier molecular flexibility index (Phi) is 6.08. The van der Waals surface area contributed by atoms with Gasteiger partial charge in [-0.25, -0.2) is 0 Å². The molecule has 1 heterocycles. The maximum Gasteiger partial charge on any atom is 0.263 e. The SMILES string of the molecule is CC(CC#N)N(C)C(=O)c1ccc(C#CCCO)s1. The third-order valence-electron chi connectivity index (χ3n) is 2.63. The molecule has 1 aromatic rings. The fraction of sp³-hybridized carbons (Fsp3) is 0.429. The molecular formula is C14H16N2O2S. The van der Waals surface area contributed by atoms with Crippen LogP contribution in [-0.4, -0.2) is 35.6 Å². The number of rotatable bonds is 4. The summed E-state index contributed by atoms with van der Waals surface area (Å²) >= 11 is 1.33. The molecule has 0 saturated carbocycles. The first-order valence-corrected chi connectivity index (χ1v) is 6.75. The van der Waals surface area contributed by atoms with Crippen molar-refractivity contribution in [3.63, 3.8) is 0 Å². The molecule has 1 N–H and O–H groups in total. The van der Waals surface area contributed by atoms with E-state index in [9.17, 15) is 4.79 Å². The minimum atomic E-state index is -0.108. The second-order valence-corrected chi connectivity index (χ2v) is 5.15. The minimum Gasteiger partial charge on any atom is -0.395 e. The highest BCUT2D eigenvalue weighted by molar-refractivity contribution is 7.14. The van der Waals surface area contributed by atoms with Crippen LogP contribution in [0.4, 0.5) is 0 Å². The van der Waals surface area contributed by atoms with Crippen LogP contribution in [0.25, 0.3) is 0 Å². The molecule has 0 aromatic carbocycles. The maximum absolute atomic E-state index is 12.1. The van der Waals surface area contributed by atoms with E-state index in [1.54, 1.807) is 24.1 Å². The Bertz CT molecular complexity index is 534. The number of amides is 1. The molecule has 0 aliphatic heterocycles. The summed E-state index contributed by atoms with van der Waals surface area (Å²) in [6, 6.07) is 5.49. The predicted octanol–water partition coefficient (Wildman–Crippen LogP) is 1.86. The number of nitriles is 1. The average molecular weight is 276 g/mol. The Balaban J connectivity index is 2.74. The molecule has 0 fully saturated rings. The quantitative estimate of drug-likeness (QED) is 0.854. The summed E-state index contributed by atoms with van der Waals surface area (Å²) in [5, 5.41) is 17.3. The molecule has 100 valence electrons. The zero-order valence-electron chi connectivity index (χ0n) is 11.0. The molecule has 1 aromatic heterocycles. The number of nitrogens with zero attached hydrogens (tertiary/aromatic N) is 2. The van der Waals surface area contributed by atoms with Crippen LogP contribution in [0.2, 0.25) is 0 Å². The van der Waals surface area contributed by atoms with Crippen LogP contribution in [0.1, 0.15) is 34.3 Å². The van der Waals surface area contributed by atoms with Crippen molar-refractivity contribution in [2.75, 3.05) is 13.7 Å². The van der Waals surface area contributed by atoms with E-state index in [2.05, 4.69) is 17.9 Å². The molecule has 0 bridgehead atoms. The average Bonchev–Trinajstić information content (AvgIpc) is 2.86. The summed E-state index contributed by atoms with van der Waals surface area (Å²) < 4.78 is 0. The van der Waals surface area contributed by atoms with Gasteiger partial charge >= 0.3 is 0 Å². The fourth-order valence-corrected chi connectivity index (χ4v) is 2.23. The number of hydrogen-bond donors (Lipinski definition) is 1. The standard InChI is InChI=1S/C14H16N2O2S/c1-11(8-9-15)16(2)14(18)13-7-6-12(19-13)5-3-4-10-17/h6-7,11,17H,4,8,10H2,1-2H3. The van der Waals surface area contributed by atoms with E-state index in [-0.39, 0.29) is 18.6 Å². The van der Waals surface area contributed by atoms with Crippen LogP contribution >= 0.6 is 11.3 Å². The summed E-state index contributed by atoms with van der Waals surface area (Å²) in [5.74, 6) is 5.62. The van der Waals surface area contributed by atoms with Gasteiger partial charge in [0, 0.05) is 19.5 Å². The van der Waals surface area contributed by atoms with Gasteiger partial charge in [-0.1, -0.05) is 11.8 Å². The molecule has 1 atom stereocenters. The molecule has 1 unspecified atom stereocenters. The molecule has 1 amide bonds. The maximum atomic E-state index is 12.1. The predicted molar refractivity (Wildman–Crippen MR) is 74.7 cm³/mol. The third kappa shape index (κ3) is 4.40. The number of hydrogen-bond acceptors (Lipinski definition) is 4. The van der Waals surface area contributed by atoms with Crippen LogP contribution in [-0.2, 0) is 0 Å². The summed E-state index contributed by atoms with van der Waals surface area (Å²) in [7, 11) is 1.70. The van der Waals surface area contributed by atoms with Crippen molar-refractivity contribution in [2.24, 2.45) is 0 Å². The van der Waals surface area contributed by atoms with E-state index in [0.29, 0.717) is 17.7 Å². The van der Waals surface area contributed by atoms with Crippen LogP contribution in [0, 0.1) is 23.2 Å². The largest absolute Gasteiger partial charge is 0.395 e. The zero-order valence-corrected chi connectivity index (χ0v) is 11.8. The molecule has 5 heteroatoms. The molecule has 19 heavy (non-hydrogen) atoms. The summed E-state index contributed by atoms with van der Waals surface area (Å²) in [5.41, 5.74) is 0. The van der Waals surface area contributed by atoms with Crippen LogP contribution in [0.15, 0.2) is 12.1 Å². The van der Waals surface area contributed by atoms with Crippen molar-refractivity contribution in [3.05, 3.63) is 21.9 Å². The second kappa shape index (κ2) is 7.58. The number of carbonyl (C=O) groups excluding carboxylic acids is 1. The van der Waals surface area contributed by atoms with Gasteiger partial charge in [0.25, 0.3) is 5.91 Å². The van der Waals surface area contributed by atoms with Gasteiger partial charge in [-0.05, 0) is 19.1 Å². The van der Waals surface area contributed by atoms with E-state index in [4.69, 9.17) is 10.4 Å². The molecular weight excluding hydrogens is 260 g/mol. The van der Waals surface area contributed by atoms with Gasteiger partial charge in [-0.15, -0.1) is 11.3 Å². The number of aliphatic hydroxyl groups is 1. The van der Waals surface area contributed by atoms with E-state index in [1.165, 1.54) is 11.3 Å². The van der Waals surface area contributed by atoms with Crippen molar-refractivity contribution in [1.82, 2.24) is 4.90 Å². The lowest BCUT2D eigenvalue weighted by Gasteiger charge is -2.22. The van der Waals surface area contributed by atoms with Gasteiger partial charge in [0.05, 0.1) is 28.9 Å².